The van der Waals surface area contributed by atoms with E-state index in [0.29, 0.717) is 13.0 Å². The number of pyridine rings is 1. The molecule has 0 aliphatic heterocycles. The van der Waals surface area contributed by atoms with Crippen molar-refractivity contribution in [2.45, 2.75) is 38.2 Å². The first kappa shape index (κ1) is 17.4. The van der Waals surface area contributed by atoms with Crippen molar-refractivity contribution >= 4 is 6.03 Å². The van der Waals surface area contributed by atoms with Gasteiger partial charge in [0.25, 0.3) is 0 Å². The number of hydrogen-bond donors (Lipinski definition) is 3. The number of urea groups is 1. The van der Waals surface area contributed by atoms with Gasteiger partial charge in [0.1, 0.15) is 5.60 Å². The number of aryl methyl sites for hydroxylation is 2. The van der Waals surface area contributed by atoms with Crippen LogP contribution in [0.1, 0.15) is 35.1 Å². The largest absolute Gasteiger partial charge is 0.383 e. The fraction of sp³-hybridized carbons (Fsp3) is 0.400. The molecule has 132 valence electrons. The monoisotopic (exact) mass is 339 g/mol. The molecule has 3 rings (SSSR count). The van der Waals surface area contributed by atoms with Crippen molar-refractivity contribution in [1.29, 1.82) is 0 Å². The molecule has 3 N–H and O–H groups in total. The van der Waals surface area contributed by atoms with E-state index in [2.05, 4.69) is 21.7 Å². The second kappa shape index (κ2) is 7.66. The standard InChI is InChI=1S/C20H25N3O2/c1-15-13-21-11-8-16(15)9-12-22-19(24)23-14-20(25)10-4-6-17-5-2-3-7-18(17)20/h2-3,5,7-8,11,13,25H,4,6,9-10,12,14H2,1H3,(H2,22,23,24). The summed E-state index contributed by atoms with van der Waals surface area (Å²) in [6, 6.07) is 9.66. The average molecular weight is 339 g/mol. The third-order valence-electron chi connectivity index (χ3n) is 4.91. The number of aliphatic hydroxyl groups is 1. The summed E-state index contributed by atoms with van der Waals surface area (Å²) < 4.78 is 0. The molecule has 1 aromatic carbocycles. The minimum Gasteiger partial charge on any atom is -0.383 e. The molecule has 5 heteroatoms. The quantitative estimate of drug-likeness (QED) is 0.783. The summed E-state index contributed by atoms with van der Waals surface area (Å²) in [6.45, 7) is 2.79. The zero-order valence-corrected chi connectivity index (χ0v) is 14.6. The molecule has 0 radical (unpaired) electrons. The minimum atomic E-state index is -0.978. The lowest BCUT2D eigenvalue weighted by Gasteiger charge is -2.34. The Bertz CT molecular complexity index is 747. The van der Waals surface area contributed by atoms with E-state index in [9.17, 15) is 9.90 Å². The van der Waals surface area contributed by atoms with Crippen molar-refractivity contribution in [3.8, 4) is 0 Å². The molecule has 1 unspecified atom stereocenters. The summed E-state index contributed by atoms with van der Waals surface area (Å²) in [5, 5.41) is 16.6. The third kappa shape index (κ3) is 4.17. The zero-order valence-electron chi connectivity index (χ0n) is 14.6. The van der Waals surface area contributed by atoms with Crippen LogP contribution in [-0.2, 0) is 18.4 Å². The van der Waals surface area contributed by atoms with Gasteiger partial charge in [-0.2, -0.15) is 0 Å². The van der Waals surface area contributed by atoms with Crippen molar-refractivity contribution in [3.05, 3.63) is 65.0 Å². The number of nitrogens with one attached hydrogen (secondary N) is 2. The van der Waals surface area contributed by atoms with Gasteiger partial charge < -0.3 is 15.7 Å². The van der Waals surface area contributed by atoms with E-state index < -0.39 is 5.60 Å². The summed E-state index contributed by atoms with van der Waals surface area (Å²) >= 11 is 0. The number of fused-ring (bicyclic) bond motifs is 1. The Balaban J connectivity index is 1.50. The van der Waals surface area contributed by atoms with Crippen molar-refractivity contribution < 1.29 is 9.90 Å². The van der Waals surface area contributed by atoms with Gasteiger partial charge in [0.15, 0.2) is 0 Å². The van der Waals surface area contributed by atoms with E-state index in [1.165, 1.54) is 11.1 Å². The highest BCUT2D eigenvalue weighted by atomic mass is 16.3. The van der Waals surface area contributed by atoms with Gasteiger partial charge in [0.2, 0.25) is 0 Å². The predicted octanol–water partition coefficient (Wildman–Crippen LogP) is 2.46. The number of carbonyl (C=O) groups is 1. The molecule has 0 bridgehead atoms. The first-order valence-corrected chi connectivity index (χ1v) is 8.80. The molecular formula is C20H25N3O2. The molecule has 0 spiro atoms. The van der Waals surface area contributed by atoms with Crippen molar-refractivity contribution in [3.63, 3.8) is 0 Å². The minimum absolute atomic E-state index is 0.226. The van der Waals surface area contributed by atoms with Crippen LogP contribution >= 0.6 is 0 Å². The van der Waals surface area contributed by atoms with E-state index in [1.54, 1.807) is 6.20 Å². The maximum Gasteiger partial charge on any atom is 0.314 e. The molecule has 1 heterocycles. The second-order valence-corrected chi connectivity index (χ2v) is 6.70. The number of nitrogens with zero attached hydrogens (tertiary/aromatic N) is 1. The summed E-state index contributed by atoms with van der Waals surface area (Å²) in [5.41, 5.74) is 3.43. The van der Waals surface area contributed by atoms with Crippen molar-refractivity contribution in [1.82, 2.24) is 15.6 Å². The average Bonchev–Trinajstić information content (AvgIpc) is 2.62. The van der Waals surface area contributed by atoms with Gasteiger partial charge in [-0.1, -0.05) is 24.3 Å². The Hall–Kier alpha value is -2.40. The summed E-state index contributed by atoms with van der Waals surface area (Å²) in [4.78, 5) is 16.1. The smallest absolute Gasteiger partial charge is 0.314 e. The Morgan fingerprint density at radius 3 is 2.96 bits per heavy atom. The first-order chi connectivity index (χ1) is 12.1. The number of rotatable bonds is 5. The van der Waals surface area contributed by atoms with E-state index in [0.717, 1.165) is 30.4 Å². The molecule has 1 aliphatic carbocycles. The van der Waals surface area contributed by atoms with Crippen LogP contribution in [0.25, 0.3) is 0 Å². The Morgan fingerprint density at radius 2 is 2.12 bits per heavy atom. The third-order valence-corrected chi connectivity index (χ3v) is 4.91. The molecule has 0 saturated heterocycles. The second-order valence-electron chi connectivity index (χ2n) is 6.70. The first-order valence-electron chi connectivity index (χ1n) is 8.80. The molecule has 1 aliphatic rings. The molecule has 1 atom stereocenters. The van der Waals surface area contributed by atoms with Gasteiger partial charge in [0.05, 0.1) is 6.54 Å². The topological polar surface area (TPSA) is 74.2 Å². The van der Waals surface area contributed by atoms with Crippen molar-refractivity contribution in [2.24, 2.45) is 0 Å². The number of benzene rings is 1. The van der Waals surface area contributed by atoms with E-state index in [1.807, 2.05) is 37.4 Å². The number of hydrogen-bond acceptors (Lipinski definition) is 3. The fourth-order valence-electron chi connectivity index (χ4n) is 3.46. The summed E-state index contributed by atoms with van der Waals surface area (Å²) in [7, 11) is 0. The maximum atomic E-state index is 12.1. The Labute approximate surface area is 148 Å². The Kier molecular flexibility index (Phi) is 5.34. The van der Waals surface area contributed by atoms with Crippen molar-refractivity contribution in [2.75, 3.05) is 13.1 Å². The number of aromatic nitrogens is 1. The SMILES string of the molecule is Cc1cnccc1CCNC(=O)NCC1(O)CCCc2ccccc21. The Morgan fingerprint density at radius 1 is 1.28 bits per heavy atom. The molecule has 1 aromatic heterocycles. The van der Waals surface area contributed by atoms with Gasteiger partial charge in [-0.05, 0) is 60.9 Å². The normalized spacial score (nSPS) is 19.1. The maximum absolute atomic E-state index is 12.1. The van der Waals surface area contributed by atoms with Crippen LogP contribution in [0.3, 0.4) is 0 Å². The highest BCUT2D eigenvalue weighted by Gasteiger charge is 2.34. The molecule has 5 nitrogen and oxygen atoms in total. The van der Waals surface area contributed by atoms with Crippen LogP contribution in [-0.4, -0.2) is 29.2 Å². The van der Waals surface area contributed by atoms with Gasteiger partial charge >= 0.3 is 6.03 Å². The lowest BCUT2D eigenvalue weighted by Crippen LogP contribution is -2.46. The lowest BCUT2D eigenvalue weighted by molar-refractivity contribution is 0.0217. The van der Waals surface area contributed by atoms with Gasteiger partial charge in [0, 0.05) is 18.9 Å². The fourth-order valence-corrected chi connectivity index (χ4v) is 3.46. The predicted molar refractivity (Wildman–Crippen MR) is 97.4 cm³/mol. The zero-order chi connectivity index (χ0) is 17.7. The molecule has 2 aromatic rings. The molecule has 2 amide bonds. The molecule has 0 fully saturated rings. The van der Waals surface area contributed by atoms with E-state index in [-0.39, 0.29) is 12.6 Å². The highest BCUT2D eigenvalue weighted by molar-refractivity contribution is 5.74. The summed E-state index contributed by atoms with van der Waals surface area (Å²) in [5.74, 6) is 0. The van der Waals surface area contributed by atoms with Crippen LogP contribution in [0.15, 0.2) is 42.7 Å². The number of amides is 2. The van der Waals surface area contributed by atoms with Crippen LogP contribution in [0.5, 0.6) is 0 Å². The van der Waals surface area contributed by atoms with Gasteiger partial charge in [-0.25, -0.2) is 4.79 Å². The van der Waals surface area contributed by atoms with Crippen LogP contribution < -0.4 is 10.6 Å². The lowest BCUT2D eigenvalue weighted by atomic mass is 9.79. The van der Waals surface area contributed by atoms with Gasteiger partial charge in [-0.15, -0.1) is 0 Å². The van der Waals surface area contributed by atoms with Crippen LogP contribution in [0, 0.1) is 6.92 Å². The number of carbonyl (C=O) groups excluding carboxylic acids is 1. The molecule has 25 heavy (non-hydrogen) atoms. The van der Waals surface area contributed by atoms with E-state index in [4.69, 9.17) is 0 Å². The van der Waals surface area contributed by atoms with Gasteiger partial charge in [-0.3, -0.25) is 4.98 Å². The molecular weight excluding hydrogens is 314 g/mol. The highest BCUT2D eigenvalue weighted by Crippen LogP contribution is 2.34. The van der Waals surface area contributed by atoms with Crippen LogP contribution in [0.4, 0.5) is 4.79 Å². The van der Waals surface area contributed by atoms with Crippen LogP contribution in [0.2, 0.25) is 0 Å². The summed E-state index contributed by atoms with van der Waals surface area (Å²) in [6.07, 6.45) is 6.92. The van der Waals surface area contributed by atoms with E-state index >= 15 is 0 Å². The molecule has 0 saturated carbocycles.